The van der Waals surface area contributed by atoms with Crippen molar-refractivity contribution in [3.8, 4) is 0 Å². The zero-order valence-corrected chi connectivity index (χ0v) is 11.5. The molecule has 1 fully saturated rings. The van der Waals surface area contributed by atoms with Gasteiger partial charge in [-0.2, -0.15) is 0 Å². The van der Waals surface area contributed by atoms with E-state index in [0.717, 1.165) is 24.9 Å². The molecule has 3 rings (SSSR count). The van der Waals surface area contributed by atoms with Gasteiger partial charge >= 0.3 is 0 Å². The fourth-order valence-corrected chi connectivity index (χ4v) is 2.52. The molecule has 1 aliphatic carbocycles. The van der Waals surface area contributed by atoms with Crippen LogP contribution in [0.1, 0.15) is 50.1 Å². The van der Waals surface area contributed by atoms with Crippen molar-refractivity contribution in [3.05, 3.63) is 42.2 Å². The third-order valence-corrected chi connectivity index (χ3v) is 3.83. The SMILES string of the molecule is CC(C)n1cncc1Cn1ccc(C(O)C2CC2)c1. The molecule has 2 heterocycles. The van der Waals surface area contributed by atoms with E-state index in [1.807, 2.05) is 24.8 Å². The van der Waals surface area contributed by atoms with E-state index in [9.17, 15) is 5.11 Å². The van der Waals surface area contributed by atoms with E-state index in [-0.39, 0.29) is 6.10 Å². The second kappa shape index (κ2) is 4.85. The summed E-state index contributed by atoms with van der Waals surface area (Å²) >= 11 is 0. The van der Waals surface area contributed by atoms with E-state index < -0.39 is 0 Å². The minimum absolute atomic E-state index is 0.281. The summed E-state index contributed by atoms with van der Waals surface area (Å²) in [7, 11) is 0. The molecule has 4 nitrogen and oxygen atoms in total. The maximum Gasteiger partial charge on any atom is 0.0951 e. The first-order valence-corrected chi connectivity index (χ1v) is 6.99. The maximum atomic E-state index is 10.1. The fraction of sp³-hybridized carbons (Fsp3) is 0.533. The molecule has 4 heteroatoms. The van der Waals surface area contributed by atoms with Gasteiger partial charge in [0.05, 0.1) is 24.7 Å². The Morgan fingerprint density at radius 2 is 2.21 bits per heavy atom. The van der Waals surface area contributed by atoms with E-state index in [1.165, 1.54) is 5.69 Å². The highest BCUT2D eigenvalue weighted by Gasteiger charge is 2.31. The lowest BCUT2D eigenvalue weighted by atomic mass is 10.1. The molecule has 1 N–H and O–H groups in total. The van der Waals surface area contributed by atoms with Gasteiger partial charge in [-0.05, 0) is 44.2 Å². The highest BCUT2D eigenvalue weighted by Crippen LogP contribution is 2.40. The fourth-order valence-electron chi connectivity index (χ4n) is 2.52. The van der Waals surface area contributed by atoms with Gasteiger partial charge in [0.15, 0.2) is 0 Å². The molecule has 102 valence electrons. The Hall–Kier alpha value is -1.55. The van der Waals surface area contributed by atoms with Gasteiger partial charge in [-0.25, -0.2) is 4.98 Å². The van der Waals surface area contributed by atoms with Crippen LogP contribution in [-0.4, -0.2) is 19.2 Å². The standard InChI is InChI=1S/C15H21N3O/c1-11(2)18-10-16-7-14(18)9-17-6-5-13(8-17)15(19)12-3-4-12/h5-8,10-12,15,19H,3-4,9H2,1-2H3. The van der Waals surface area contributed by atoms with Crippen molar-refractivity contribution >= 4 is 0 Å². The van der Waals surface area contributed by atoms with Crippen LogP contribution in [0.4, 0.5) is 0 Å². The molecule has 1 saturated carbocycles. The lowest BCUT2D eigenvalue weighted by Crippen LogP contribution is -2.07. The molecule has 1 aliphatic rings. The normalized spacial score (nSPS) is 17.1. The number of imidazole rings is 1. The number of nitrogens with zero attached hydrogens (tertiary/aromatic N) is 3. The summed E-state index contributed by atoms with van der Waals surface area (Å²) in [5.41, 5.74) is 2.23. The average molecular weight is 259 g/mol. The molecule has 0 amide bonds. The highest BCUT2D eigenvalue weighted by molar-refractivity contribution is 5.17. The van der Waals surface area contributed by atoms with Gasteiger partial charge < -0.3 is 14.2 Å². The van der Waals surface area contributed by atoms with Crippen LogP contribution < -0.4 is 0 Å². The van der Waals surface area contributed by atoms with Crippen LogP contribution >= 0.6 is 0 Å². The topological polar surface area (TPSA) is 43.0 Å². The van der Waals surface area contributed by atoms with E-state index >= 15 is 0 Å². The molecule has 0 aromatic carbocycles. The van der Waals surface area contributed by atoms with E-state index in [4.69, 9.17) is 0 Å². The van der Waals surface area contributed by atoms with Gasteiger partial charge in [-0.1, -0.05) is 0 Å². The summed E-state index contributed by atoms with van der Waals surface area (Å²) < 4.78 is 4.30. The van der Waals surface area contributed by atoms with Crippen molar-refractivity contribution in [2.24, 2.45) is 5.92 Å². The highest BCUT2D eigenvalue weighted by atomic mass is 16.3. The molecule has 0 saturated heterocycles. The van der Waals surface area contributed by atoms with Crippen LogP contribution in [0, 0.1) is 5.92 Å². The van der Waals surface area contributed by atoms with Gasteiger partial charge in [-0.3, -0.25) is 0 Å². The Bertz CT molecular complexity index is 551. The number of hydrogen-bond donors (Lipinski definition) is 1. The molecule has 1 atom stereocenters. The Morgan fingerprint density at radius 3 is 2.89 bits per heavy atom. The number of aliphatic hydroxyl groups excluding tert-OH is 1. The predicted octanol–water partition coefficient (Wildman–Crippen LogP) is 2.76. The lowest BCUT2D eigenvalue weighted by molar-refractivity contribution is 0.154. The second-order valence-electron chi connectivity index (χ2n) is 5.79. The molecule has 0 aliphatic heterocycles. The van der Waals surface area contributed by atoms with Crippen LogP contribution in [0.15, 0.2) is 31.0 Å². The van der Waals surface area contributed by atoms with Gasteiger partial charge in [0, 0.05) is 24.6 Å². The van der Waals surface area contributed by atoms with Crippen molar-refractivity contribution in [1.82, 2.24) is 14.1 Å². The van der Waals surface area contributed by atoms with E-state index in [0.29, 0.717) is 12.0 Å². The molecular weight excluding hydrogens is 238 g/mol. The second-order valence-corrected chi connectivity index (χ2v) is 5.79. The van der Waals surface area contributed by atoms with Gasteiger partial charge in [0.25, 0.3) is 0 Å². The molecule has 19 heavy (non-hydrogen) atoms. The predicted molar refractivity (Wildman–Crippen MR) is 73.8 cm³/mol. The molecular formula is C15H21N3O. The van der Waals surface area contributed by atoms with Gasteiger partial charge in [0.2, 0.25) is 0 Å². The summed E-state index contributed by atoms with van der Waals surface area (Å²) in [5.74, 6) is 0.483. The van der Waals surface area contributed by atoms with Crippen molar-refractivity contribution in [2.45, 2.75) is 45.4 Å². The zero-order valence-electron chi connectivity index (χ0n) is 11.5. The first kappa shape index (κ1) is 12.5. The molecule has 2 aromatic heterocycles. The average Bonchev–Trinajstić information content (AvgIpc) is 2.94. The monoisotopic (exact) mass is 259 g/mol. The minimum Gasteiger partial charge on any atom is -0.388 e. The first-order chi connectivity index (χ1) is 9.15. The van der Waals surface area contributed by atoms with Crippen LogP contribution in [0.5, 0.6) is 0 Å². The summed E-state index contributed by atoms with van der Waals surface area (Å²) in [4.78, 5) is 4.22. The Morgan fingerprint density at radius 1 is 1.42 bits per heavy atom. The quantitative estimate of drug-likeness (QED) is 0.897. The zero-order chi connectivity index (χ0) is 13.4. The first-order valence-electron chi connectivity index (χ1n) is 6.99. The van der Waals surface area contributed by atoms with E-state index in [1.54, 1.807) is 0 Å². The smallest absolute Gasteiger partial charge is 0.0951 e. The molecule has 0 spiro atoms. The Labute approximate surface area is 113 Å². The summed E-state index contributed by atoms with van der Waals surface area (Å²) in [6.07, 6.45) is 9.93. The van der Waals surface area contributed by atoms with Crippen molar-refractivity contribution in [1.29, 1.82) is 0 Å². The van der Waals surface area contributed by atoms with Gasteiger partial charge in [-0.15, -0.1) is 0 Å². The number of aliphatic hydroxyl groups is 1. The summed E-state index contributed by atoms with van der Waals surface area (Å²) in [6, 6.07) is 2.45. The Balaban J connectivity index is 1.74. The third-order valence-electron chi connectivity index (χ3n) is 3.83. The minimum atomic E-state index is -0.281. The summed E-state index contributed by atoms with van der Waals surface area (Å²) in [5, 5.41) is 10.1. The summed E-state index contributed by atoms with van der Waals surface area (Å²) in [6.45, 7) is 5.11. The van der Waals surface area contributed by atoms with Crippen LogP contribution in [0.3, 0.4) is 0 Å². The number of rotatable bonds is 5. The molecule has 0 radical (unpaired) electrons. The molecule has 0 bridgehead atoms. The number of hydrogen-bond acceptors (Lipinski definition) is 2. The van der Waals surface area contributed by atoms with Crippen LogP contribution in [0.25, 0.3) is 0 Å². The lowest BCUT2D eigenvalue weighted by Gasteiger charge is -2.12. The van der Waals surface area contributed by atoms with Gasteiger partial charge in [0.1, 0.15) is 0 Å². The largest absolute Gasteiger partial charge is 0.388 e. The van der Waals surface area contributed by atoms with Crippen molar-refractivity contribution < 1.29 is 5.11 Å². The van der Waals surface area contributed by atoms with Crippen LogP contribution in [0.2, 0.25) is 0 Å². The number of aromatic nitrogens is 3. The Kier molecular flexibility index (Phi) is 3.19. The van der Waals surface area contributed by atoms with Crippen molar-refractivity contribution in [3.63, 3.8) is 0 Å². The molecule has 2 aromatic rings. The van der Waals surface area contributed by atoms with E-state index in [2.05, 4.69) is 34.2 Å². The molecule has 1 unspecified atom stereocenters. The third kappa shape index (κ3) is 2.59. The van der Waals surface area contributed by atoms with Crippen molar-refractivity contribution in [2.75, 3.05) is 0 Å². The maximum absolute atomic E-state index is 10.1. The van der Waals surface area contributed by atoms with Crippen LogP contribution in [-0.2, 0) is 6.54 Å².